The number of amides is 3. The fourth-order valence-electron chi connectivity index (χ4n) is 11.8. The summed E-state index contributed by atoms with van der Waals surface area (Å²) in [6.45, 7) is 6.60. The Labute approximate surface area is 569 Å². The molecule has 0 saturated heterocycles. The van der Waals surface area contributed by atoms with Gasteiger partial charge in [-0.25, -0.2) is 18.7 Å². The van der Waals surface area contributed by atoms with Crippen molar-refractivity contribution in [3.8, 4) is 20.9 Å². The number of nitrogens with one attached hydrogen (secondary N) is 1. The molecule has 8 heterocycles. The molecule has 10 aromatic rings. The van der Waals surface area contributed by atoms with Crippen LogP contribution in [0.5, 0.6) is 0 Å². The van der Waals surface area contributed by atoms with E-state index in [1.165, 1.54) is 34.8 Å². The summed E-state index contributed by atoms with van der Waals surface area (Å²) in [4.78, 5) is 92.7. The number of ether oxygens (including phenoxy) is 2. The molecule has 3 amide bonds. The van der Waals surface area contributed by atoms with Crippen molar-refractivity contribution in [2.75, 3.05) is 47.2 Å². The van der Waals surface area contributed by atoms with Crippen LogP contribution < -0.4 is 20.9 Å². The number of anilines is 4. The molecule has 14 rings (SSSR count). The Morgan fingerprint density at radius 3 is 1.45 bits per heavy atom. The summed E-state index contributed by atoms with van der Waals surface area (Å²) < 4.78 is 39.5. The Hall–Kier alpha value is -9.11. The van der Waals surface area contributed by atoms with Gasteiger partial charge in [0.05, 0.1) is 58.7 Å². The van der Waals surface area contributed by atoms with E-state index < -0.39 is 11.1 Å². The maximum atomic E-state index is 14.5. The van der Waals surface area contributed by atoms with E-state index in [-0.39, 0.29) is 69.3 Å². The number of nitrogens with two attached hydrogens (primary N) is 1. The van der Waals surface area contributed by atoms with Crippen LogP contribution in [0.25, 0.3) is 20.9 Å². The molecule has 0 bridgehead atoms. The lowest BCUT2D eigenvalue weighted by atomic mass is 10.0. The number of Topliss-reactive ketones (excluding diaryl/α,β-unsaturated/α-hetero) is 2. The molecule has 4 aliphatic rings. The van der Waals surface area contributed by atoms with Gasteiger partial charge in [-0.1, -0.05) is 83.9 Å². The van der Waals surface area contributed by atoms with Crippen LogP contribution in [0.1, 0.15) is 117 Å². The first-order valence-corrected chi connectivity index (χ1v) is 33.2. The first-order valence-electron chi connectivity index (χ1n) is 30.5. The fourth-order valence-corrected chi connectivity index (χ4v) is 14.9. The summed E-state index contributed by atoms with van der Waals surface area (Å²) in [6, 6.07) is 45.9. The highest BCUT2D eigenvalue weighted by Gasteiger charge is 2.31. The molecule has 14 nitrogen and oxygen atoms in total. The van der Waals surface area contributed by atoms with Crippen LogP contribution in [0.15, 0.2) is 158 Å². The predicted octanol–water partition coefficient (Wildman–Crippen LogP) is 16.1. The second kappa shape index (κ2) is 28.9. The molecule has 4 aliphatic heterocycles. The quantitative estimate of drug-likeness (QED) is 0.0542. The van der Waals surface area contributed by atoms with E-state index in [9.17, 15) is 37.5 Å². The van der Waals surface area contributed by atoms with Crippen LogP contribution in [-0.2, 0) is 61.2 Å². The maximum absolute atomic E-state index is 14.5. The number of rotatable bonds is 11. The number of aromatic nitrogens is 2. The van der Waals surface area contributed by atoms with Crippen molar-refractivity contribution >= 4 is 115 Å². The van der Waals surface area contributed by atoms with Gasteiger partial charge in [0.1, 0.15) is 21.9 Å². The zero-order valence-electron chi connectivity index (χ0n) is 51.3. The number of para-hydroxylation sites is 2. The van der Waals surface area contributed by atoms with Crippen molar-refractivity contribution in [3.63, 3.8) is 0 Å². The minimum absolute atomic E-state index is 0.00713. The third-order valence-corrected chi connectivity index (χ3v) is 20.2. The number of halogens is 5. The summed E-state index contributed by atoms with van der Waals surface area (Å²) in [6.07, 6.45) is 2.57. The Balaban J connectivity index is 0.000000156. The monoisotopic (exact) mass is 1370 g/mol. The molecule has 0 saturated carbocycles. The molecule has 95 heavy (non-hydrogen) atoms. The van der Waals surface area contributed by atoms with E-state index in [1.54, 1.807) is 95.6 Å². The van der Waals surface area contributed by atoms with Gasteiger partial charge in [-0.05, 0) is 169 Å². The number of aryl methyl sites for hydroxylation is 2. The minimum Gasteiger partial charge on any atom is -0.399 e. The van der Waals surface area contributed by atoms with Gasteiger partial charge in [-0.3, -0.25) is 28.8 Å². The van der Waals surface area contributed by atoms with E-state index in [2.05, 4.69) is 15.3 Å². The highest BCUT2D eigenvalue weighted by molar-refractivity contribution is 7.18. The van der Waals surface area contributed by atoms with Gasteiger partial charge in [0.25, 0.3) is 23.0 Å². The SMILES string of the molecule is Cc1cccc(F)c1CC(=O)c1cc2c(s1)-c1ccccc1N(C(=O)c1ccc(N)cc1)CC2.Cc1cccc(F)c1CC(=O)c1cc2c(s1)-c1ccccc1N(C(=O)c1ccc(NC(=O)c3cc4c(nc3Cl)CCOC4)cc1)CC2.O=C(Cl)c1cc2c(nc1Cl)CCOC2. The Kier molecular flexibility index (Phi) is 20.0. The molecule has 0 radical (unpaired) electrons. The minimum atomic E-state index is -0.587. The molecule has 480 valence electrons. The lowest BCUT2D eigenvalue weighted by molar-refractivity contribution is 0.0979. The van der Waals surface area contributed by atoms with E-state index in [1.807, 2.05) is 73.7 Å². The molecular weight excluding hydrogens is 1310 g/mol. The molecule has 6 aromatic carbocycles. The molecule has 4 aromatic heterocycles. The summed E-state index contributed by atoms with van der Waals surface area (Å²) >= 11 is 20.3. The zero-order chi connectivity index (χ0) is 66.6. The second-order valence-electron chi connectivity index (χ2n) is 23.0. The van der Waals surface area contributed by atoms with Crippen molar-refractivity contribution < 1.29 is 47.0 Å². The van der Waals surface area contributed by atoms with Gasteiger partial charge in [0.15, 0.2) is 11.6 Å². The average molecular weight is 1370 g/mol. The van der Waals surface area contributed by atoms with E-state index in [4.69, 9.17) is 50.0 Å². The van der Waals surface area contributed by atoms with Gasteiger partial charge in [0.2, 0.25) is 0 Å². The van der Waals surface area contributed by atoms with Crippen LogP contribution in [-0.4, -0.2) is 70.8 Å². The molecule has 0 aliphatic carbocycles. The maximum Gasteiger partial charge on any atom is 0.258 e. The van der Waals surface area contributed by atoms with Crippen molar-refractivity contribution in [2.24, 2.45) is 0 Å². The van der Waals surface area contributed by atoms with Crippen LogP contribution in [0, 0.1) is 25.5 Å². The number of fused-ring (bicyclic) bond motifs is 8. The van der Waals surface area contributed by atoms with Crippen LogP contribution in [0.4, 0.5) is 31.5 Å². The molecular formula is C74H59Cl3F2N6O8S2. The predicted molar refractivity (Wildman–Crippen MR) is 369 cm³/mol. The average Bonchev–Trinajstić information content (AvgIpc) is 1.67. The van der Waals surface area contributed by atoms with Crippen molar-refractivity contribution in [3.05, 3.63) is 268 Å². The number of ketones is 2. The molecule has 0 unspecified atom stereocenters. The Bertz CT molecular complexity index is 4650. The molecule has 0 atom stereocenters. The summed E-state index contributed by atoms with van der Waals surface area (Å²) in [5, 5.41) is 2.57. The third-order valence-electron chi connectivity index (χ3n) is 16.9. The van der Waals surface area contributed by atoms with Gasteiger partial charge in [0, 0.05) is 105 Å². The Morgan fingerprint density at radius 1 is 0.547 bits per heavy atom. The number of nitrogen functional groups attached to an aromatic ring is 1. The van der Waals surface area contributed by atoms with Gasteiger partial charge in [-0.2, -0.15) is 0 Å². The van der Waals surface area contributed by atoms with Crippen molar-refractivity contribution in [2.45, 2.75) is 65.6 Å². The van der Waals surface area contributed by atoms with E-state index in [0.717, 1.165) is 83.4 Å². The van der Waals surface area contributed by atoms with Crippen molar-refractivity contribution in [1.82, 2.24) is 9.97 Å². The zero-order valence-corrected chi connectivity index (χ0v) is 55.2. The summed E-state index contributed by atoms with van der Waals surface area (Å²) in [5.74, 6) is -1.63. The van der Waals surface area contributed by atoms with Gasteiger partial charge >= 0.3 is 0 Å². The number of hydrogen-bond donors (Lipinski definition) is 2. The van der Waals surface area contributed by atoms with Crippen LogP contribution in [0.2, 0.25) is 10.3 Å². The first kappa shape index (κ1) is 65.9. The number of nitrogens with zero attached hydrogens (tertiary/aromatic N) is 4. The topological polar surface area (TPSA) is 191 Å². The summed E-state index contributed by atoms with van der Waals surface area (Å²) in [5.41, 5.74) is 19.7. The first-order chi connectivity index (χ1) is 45.9. The highest BCUT2D eigenvalue weighted by Crippen LogP contribution is 2.44. The highest BCUT2D eigenvalue weighted by atomic mass is 35.5. The molecule has 0 spiro atoms. The second-order valence-corrected chi connectivity index (χ2v) is 26.2. The number of thiophene rings is 2. The van der Waals surface area contributed by atoms with Gasteiger partial charge in [-0.15, -0.1) is 22.7 Å². The van der Waals surface area contributed by atoms with E-state index in [0.29, 0.717) is 102 Å². The number of carbonyl (C=O) groups is 6. The summed E-state index contributed by atoms with van der Waals surface area (Å²) in [7, 11) is 0. The number of hydrogen-bond acceptors (Lipinski definition) is 13. The lowest BCUT2D eigenvalue weighted by Crippen LogP contribution is -2.32. The van der Waals surface area contributed by atoms with E-state index >= 15 is 0 Å². The number of benzene rings is 6. The lowest BCUT2D eigenvalue weighted by Gasteiger charge is -2.23. The van der Waals surface area contributed by atoms with Crippen LogP contribution in [0.3, 0.4) is 0 Å². The Morgan fingerprint density at radius 2 is 0.989 bits per heavy atom. The smallest absolute Gasteiger partial charge is 0.258 e. The fraction of sp³-hybridized carbons (Fsp3) is 0.189. The van der Waals surface area contributed by atoms with Gasteiger partial charge < -0.3 is 30.3 Å². The normalized spacial score (nSPS) is 13.5. The third kappa shape index (κ3) is 14.5. The molecule has 0 fully saturated rings. The standard InChI is InChI=1S/C37H29ClFN3O4S.C28H23FN2O2S.C9H7Cl2NO2/c1-21-5-4-7-29(39)27(21)19-32(43)33-18-23-13-15-42(31-8-3-2-6-26(31)34(23)47-33)37(45)22-9-11-25(12-10-22)40-36(44)28-17-24-20-46-16-14-30(24)41-35(28)38;1-17-5-4-7-23(29)22(17)16-25(32)26-15-19-13-14-31(28(33)18-9-11-20(30)12-10-18)24-8-3-2-6-21(24)27(19)34-26;10-8-6(9(11)13)3-5-4-14-2-1-7(5)12-8/h2-12,17-18H,13-16,19-20H2,1H3,(H,40,44);2-12,15H,13-14,16,30H2,1H3;3H,1-2,4H2. The molecule has 21 heteroatoms. The number of pyridine rings is 2. The molecule has 3 N–H and O–H groups in total. The largest absolute Gasteiger partial charge is 0.399 e. The van der Waals surface area contributed by atoms with Crippen molar-refractivity contribution in [1.29, 1.82) is 0 Å². The van der Waals surface area contributed by atoms with Crippen LogP contribution >= 0.6 is 57.5 Å². The number of carbonyl (C=O) groups excluding carboxylic acids is 6.